The summed E-state index contributed by atoms with van der Waals surface area (Å²) in [7, 11) is 0. The van der Waals surface area contributed by atoms with Gasteiger partial charge >= 0.3 is 0 Å². The number of Topliss-reactive ketones (excluding diaryl/α,β-unsaturated/α-hetero) is 1. The highest BCUT2D eigenvalue weighted by Crippen LogP contribution is 2.40. The van der Waals surface area contributed by atoms with E-state index >= 15 is 0 Å². The molecule has 0 bridgehead atoms. The third-order valence-electron chi connectivity index (χ3n) is 6.92. The summed E-state index contributed by atoms with van der Waals surface area (Å²) in [5, 5.41) is 2.26. The Bertz CT molecular complexity index is 1340. The van der Waals surface area contributed by atoms with Crippen LogP contribution in [0.15, 0.2) is 67.0 Å². The SMILES string of the molecule is Cc1n(C2CCc3cc4c(cc32)OCC4)cc[n+]1CC(=O)c1ccc2ccccc2c1.[Br-]. The number of aryl methyl sites for hydroxylation is 1. The molecule has 0 saturated heterocycles. The standard InChI is InChI=1S/C27H25N2O2.BrH/c1-18-28(17-26(30)22-7-6-19-4-2-3-5-20(19)14-22)11-12-29(18)25-9-8-21-15-23-10-13-31-27(23)16-24(21)25;/h2-7,11-12,14-16,25H,8-10,13,17H2,1H3;1H/q+1;/p-1. The van der Waals surface area contributed by atoms with E-state index in [1.807, 2.05) is 36.5 Å². The zero-order chi connectivity index (χ0) is 20.9. The number of halogens is 1. The molecule has 2 heterocycles. The molecule has 0 spiro atoms. The zero-order valence-corrected chi connectivity index (χ0v) is 19.6. The molecule has 1 unspecified atom stereocenters. The van der Waals surface area contributed by atoms with E-state index in [-0.39, 0.29) is 22.8 Å². The lowest BCUT2D eigenvalue weighted by Gasteiger charge is -2.11. The lowest BCUT2D eigenvalue weighted by Crippen LogP contribution is -3.00. The first-order valence-electron chi connectivity index (χ1n) is 11.0. The Hall–Kier alpha value is -2.92. The van der Waals surface area contributed by atoms with Crippen LogP contribution in [-0.2, 0) is 19.4 Å². The van der Waals surface area contributed by atoms with E-state index < -0.39 is 0 Å². The minimum absolute atomic E-state index is 0. The summed E-state index contributed by atoms with van der Waals surface area (Å²) in [6, 6.07) is 19.0. The van der Waals surface area contributed by atoms with Crippen LogP contribution in [0.1, 0.15) is 45.3 Å². The Kier molecular flexibility index (Phi) is 5.38. The number of aromatic nitrogens is 2. The van der Waals surface area contributed by atoms with E-state index in [4.69, 9.17) is 4.74 Å². The van der Waals surface area contributed by atoms with Crippen molar-refractivity contribution in [1.29, 1.82) is 0 Å². The zero-order valence-electron chi connectivity index (χ0n) is 18.1. The van der Waals surface area contributed by atoms with Crippen LogP contribution in [0.2, 0.25) is 0 Å². The summed E-state index contributed by atoms with van der Waals surface area (Å²) in [5.74, 6) is 2.29. The predicted octanol–water partition coefficient (Wildman–Crippen LogP) is 1.59. The highest BCUT2D eigenvalue weighted by atomic mass is 79.9. The number of carbonyl (C=O) groups excluding carboxylic acids is 1. The summed E-state index contributed by atoms with van der Waals surface area (Å²) in [4.78, 5) is 13.0. The molecule has 5 heteroatoms. The average Bonchev–Trinajstić information content (AvgIpc) is 3.50. The van der Waals surface area contributed by atoms with E-state index in [1.165, 1.54) is 16.7 Å². The van der Waals surface area contributed by atoms with Crippen molar-refractivity contribution in [3.63, 3.8) is 0 Å². The Morgan fingerprint density at radius 3 is 2.78 bits per heavy atom. The molecule has 4 aromatic rings. The quantitative estimate of drug-likeness (QED) is 0.323. The summed E-state index contributed by atoms with van der Waals surface area (Å²) in [6.07, 6.45) is 7.37. The highest BCUT2D eigenvalue weighted by Gasteiger charge is 2.32. The van der Waals surface area contributed by atoms with Gasteiger partial charge in [-0.05, 0) is 46.9 Å². The molecule has 3 aromatic carbocycles. The van der Waals surface area contributed by atoms with Gasteiger partial charge in [-0.25, -0.2) is 9.13 Å². The fourth-order valence-electron chi connectivity index (χ4n) is 5.18. The molecule has 162 valence electrons. The molecule has 6 rings (SSSR count). The number of ketones is 1. The number of carbonyl (C=O) groups is 1. The van der Waals surface area contributed by atoms with Gasteiger partial charge < -0.3 is 21.7 Å². The molecule has 1 aliphatic carbocycles. The van der Waals surface area contributed by atoms with Crippen LogP contribution in [-0.4, -0.2) is 17.0 Å². The molecule has 1 aliphatic heterocycles. The van der Waals surface area contributed by atoms with E-state index in [2.05, 4.69) is 46.5 Å². The number of benzene rings is 3. The van der Waals surface area contributed by atoms with Gasteiger partial charge in [0.2, 0.25) is 5.78 Å². The molecule has 1 aromatic heterocycles. The van der Waals surface area contributed by atoms with Gasteiger partial charge in [-0.1, -0.05) is 42.5 Å². The minimum Gasteiger partial charge on any atom is -1.00 e. The van der Waals surface area contributed by atoms with Crippen molar-refractivity contribution in [3.05, 3.63) is 95.1 Å². The molecule has 0 radical (unpaired) electrons. The topological polar surface area (TPSA) is 35.1 Å². The van der Waals surface area contributed by atoms with Crippen LogP contribution < -0.4 is 26.3 Å². The van der Waals surface area contributed by atoms with Crippen LogP contribution in [0.4, 0.5) is 0 Å². The Labute approximate surface area is 198 Å². The number of fused-ring (bicyclic) bond motifs is 3. The fourth-order valence-corrected chi connectivity index (χ4v) is 5.18. The van der Waals surface area contributed by atoms with E-state index in [0.29, 0.717) is 12.6 Å². The Morgan fingerprint density at radius 1 is 1.06 bits per heavy atom. The van der Waals surface area contributed by atoms with Gasteiger partial charge in [0.1, 0.15) is 24.2 Å². The predicted molar refractivity (Wildman–Crippen MR) is 120 cm³/mol. The molecule has 32 heavy (non-hydrogen) atoms. The Morgan fingerprint density at radius 2 is 1.91 bits per heavy atom. The lowest BCUT2D eigenvalue weighted by atomic mass is 10.0. The van der Waals surface area contributed by atoms with Crippen molar-refractivity contribution in [2.75, 3.05) is 6.61 Å². The molecule has 0 fully saturated rings. The maximum Gasteiger partial charge on any atom is 0.254 e. The molecule has 0 saturated carbocycles. The number of nitrogens with zero attached hydrogens (tertiary/aromatic N) is 2. The maximum absolute atomic E-state index is 13.0. The van der Waals surface area contributed by atoms with Gasteiger partial charge in [0, 0.05) is 24.5 Å². The first kappa shape index (κ1) is 21.0. The van der Waals surface area contributed by atoms with Crippen molar-refractivity contribution in [3.8, 4) is 5.75 Å². The normalized spacial score (nSPS) is 16.3. The second-order valence-corrected chi connectivity index (χ2v) is 8.68. The van der Waals surface area contributed by atoms with Gasteiger partial charge in [-0.2, -0.15) is 0 Å². The highest BCUT2D eigenvalue weighted by molar-refractivity contribution is 5.99. The number of ether oxygens (including phenoxy) is 1. The van der Waals surface area contributed by atoms with Gasteiger partial charge in [-0.15, -0.1) is 0 Å². The largest absolute Gasteiger partial charge is 1.00 e. The van der Waals surface area contributed by atoms with Crippen molar-refractivity contribution >= 4 is 16.6 Å². The molecular formula is C27H25BrN2O2. The third kappa shape index (κ3) is 3.45. The van der Waals surface area contributed by atoms with Gasteiger partial charge in [-0.3, -0.25) is 4.79 Å². The summed E-state index contributed by atoms with van der Waals surface area (Å²) >= 11 is 0. The minimum atomic E-state index is 0. The van der Waals surface area contributed by atoms with E-state index in [9.17, 15) is 4.79 Å². The average molecular weight is 489 g/mol. The third-order valence-corrected chi connectivity index (χ3v) is 6.92. The molecule has 4 nitrogen and oxygen atoms in total. The van der Waals surface area contributed by atoms with Crippen molar-refractivity contribution in [2.45, 2.75) is 38.8 Å². The van der Waals surface area contributed by atoms with Crippen LogP contribution in [0, 0.1) is 6.92 Å². The first-order valence-corrected chi connectivity index (χ1v) is 11.0. The monoisotopic (exact) mass is 488 g/mol. The number of imidazole rings is 1. The summed E-state index contributed by atoms with van der Waals surface area (Å²) in [6.45, 7) is 3.25. The van der Waals surface area contributed by atoms with Gasteiger partial charge in [0.15, 0.2) is 6.54 Å². The molecule has 0 amide bonds. The smallest absolute Gasteiger partial charge is 0.254 e. The lowest BCUT2D eigenvalue weighted by molar-refractivity contribution is -0.688. The molecule has 1 atom stereocenters. The van der Waals surface area contributed by atoms with Crippen LogP contribution in [0.25, 0.3) is 10.8 Å². The van der Waals surface area contributed by atoms with Crippen molar-refractivity contribution < 1.29 is 31.1 Å². The molecular weight excluding hydrogens is 464 g/mol. The second-order valence-electron chi connectivity index (χ2n) is 8.68. The molecule has 2 aliphatic rings. The van der Waals surface area contributed by atoms with Crippen LogP contribution in [0.5, 0.6) is 5.75 Å². The van der Waals surface area contributed by atoms with E-state index in [0.717, 1.165) is 53.8 Å². The van der Waals surface area contributed by atoms with E-state index in [1.54, 1.807) is 0 Å². The molecule has 0 N–H and O–H groups in total. The van der Waals surface area contributed by atoms with Gasteiger partial charge in [0.25, 0.3) is 5.82 Å². The number of hydrogen-bond acceptors (Lipinski definition) is 2. The van der Waals surface area contributed by atoms with Crippen molar-refractivity contribution in [1.82, 2.24) is 4.57 Å². The first-order chi connectivity index (χ1) is 15.2. The second kappa shape index (κ2) is 8.21. The van der Waals surface area contributed by atoms with Gasteiger partial charge in [0.05, 0.1) is 6.61 Å². The number of hydrogen-bond donors (Lipinski definition) is 0. The number of rotatable bonds is 4. The summed E-state index contributed by atoms with van der Waals surface area (Å²) in [5.41, 5.74) is 4.92. The van der Waals surface area contributed by atoms with Crippen LogP contribution in [0.3, 0.4) is 0 Å². The maximum atomic E-state index is 13.0. The van der Waals surface area contributed by atoms with Crippen LogP contribution >= 0.6 is 0 Å². The van der Waals surface area contributed by atoms with Crippen molar-refractivity contribution in [2.24, 2.45) is 0 Å². The fraction of sp³-hybridized carbons (Fsp3) is 0.259. The summed E-state index contributed by atoms with van der Waals surface area (Å²) < 4.78 is 10.2. The Balaban J connectivity index is 0.00000216.